The van der Waals surface area contributed by atoms with Gasteiger partial charge in [-0.15, -0.1) is 5.10 Å². The SMILES string of the molecule is CCN(C)c1nc2cc(NC(=O)c3ccnn3C)ccn2n1. The van der Waals surface area contributed by atoms with Crippen molar-refractivity contribution in [3.05, 3.63) is 36.3 Å². The van der Waals surface area contributed by atoms with Gasteiger partial charge in [-0.05, 0) is 19.1 Å². The maximum Gasteiger partial charge on any atom is 0.273 e. The second-order valence-electron chi connectivity index (χ2n) is 4.94. The molecule has 114 valence electrons. The highest BCUT2D eigenvalue weighted by Gasteiger charge is 2.12. The predicted octanol–water partition coefficient (Wildman–Crippen LogP) is 1.17. The molecule has 0 bridgehead atoms. The van der Waals surface area contributed by atoms with Crippen molar-refractivity contribution in [3.8, 4) is 0 Å². The van der Waals surface area contributed by atoms with E-state index in [1.165, 1.54) is 4.68 Å². The molecule has 8 nitrogen and oxygen atoms in total. The minimum Gasteiger partial charge on any atom is -0.343 e. The van der Waals surface area contributed by atoms with Gasteiger partial charge in [-0.3, -0.25) is 9.48 Å². The summed E-state index contributed by atoms with van der Waals surface area (Å²) in [6, 6.07) is 5.24. The number of carbonyl (C=O) groups excluding carboxylic acids is 1. The zero-order valence-electron chi connectivity index (χ0n) is 12.7. The first kappa shape index (κ1) is 14.1. The van der Waals surface area contributed by atoms with Crippen LogP contribution in [0.2, 0.25) is 0 Å². The lowest BCUT2D eigenvalue weighted by Gasteiger charge is -2.09. The highest BCUT2D eigenvalue weighted by atomic mass is 16.2. The van der Waals surface area contributed by atoms with Gasteiger partial charge in [0.05, 0.1) is 0 Å². The third kappa shape index (κ3) is 2.50. The molecule has 1 amide bonds. The molecule has 3 heterocycles. The van der Waals surface area contributed by atoms with Gasteiger partial charge >= 0.3 is 0 Å². The van der Waals surface area contributed by atoms with E-state index in [0.29, 0.717) is 23.0 Å². The van der Waals surface area contributed by atoms with Crippen molar-refractivity contribution in [2.75, 3.05) is 23.8 Å². The summed E-state index contributed by atoms with van der Waals surface area (Å²) >= 11 is 0. The number of hydrogen-bond donors (Lipinski definition) is 1. The van der Waals surface area contributed by atoms with E-state index in [2.05, 4.69) is 20.5 Å². The van der Waals surface area contributed by atoms with E-state index in [1.54, 1.807) is 42.2 Å². The average molecular weight is 299 g/mol. The molecule has 3 rings (SSSR count). The standard InChI is InChI=1S/C14H17N7O/c1-4-19(2)14-17-12-9-10(6-8-21(12)18-14)16-13(22)11-5-7-15-20(11)3/h5-9H,4H2,1-3H3,(H,16,22). The smallest absolute Gasteiger partial charge is 0.273 e. The maximum absolute atomic E-state index is 12.2. The van der Waals surface area contributed by atoms with Gasteiger partial charge < -0.3 is 10.2 Å². The van der Waals surface area contributed by atoms with Crippen molar-refractivity contribution in [1.29, 1.82) is 0 Å². The van der Waals surface area contributed by atoms with Crippen LogP contribution >= 0.6 is 0 Å². The third-order valence-corrected chi connectivity index (χ3v) is 3.45. The zero-order chi connectivity index (χ0) is 15.7. The van der Waals surface area contributed by atoms with E-state index < -0.39 is 0 Å². The molecule has 0 radical (unpaired) electrons. The Morgan fingerprint density at radius 2 is 2.23 bits per heavy atom. The van der Waals surface area contributed by atoms with Gasteiger partial charge in [-0.2, -0.15) is 10.1 Å². The number of aromatic nitrogens is 5. The van der Waals surface area contributed by atoms with Crippen LogP contribution in [0.3, 0.4) is 0 Å². The van der Waals surface area contributed by atoms with Crippen LogP contribution in [-0.2, 0) is 7.05 Å². The summed E-state index contributed by atoms with van der Waals surface area (Å²) < 4.78 is 3.21. The predicted molar refractivity (Wildman–Crippen MR) is 83.1 cm³/mol. The van der Waals surface area contributed by atoms with Crippen molar-refractivity contribution in [3.63, 3.8) is 0 Å². The molecule has 0 saturated heterocycles. The van der Waals surface area contributed by atoms with Gasteiger partial charge in [-0.25, -0.2) is 4.52 Å². The van der Waals surface area contributed by atoms with Gasteiger partial charge in [0.1, 0.15) is 5.69 Å². The number of fused-ring (bicyclic) bond motifs is 1. The van der Waals surface area contributed by atoms with Crippen molar-refractivity contribution < 1.29 is 4.79 Å². The Balaban J connectivity index is 1.86. The molecule has 22 heavy (non-hydrogen) atoms. The van der Waals surface area contributed by atoms with Crippen molar-refractivity contribution >= 4 is 23.2 Å². The molecule has 0 aliphatic heterocycles. The minimum absolute atomic E-state index is 0.213. The lowest BCUT2D eigenvalue weighted by Crippen LogP contribution is -2.17. The highest BCUT2D eigenvalue weighted by molar-refractivity contribution is 6.03. The van der Waals surface area contributed by atoms with Crippen molar-refractivity contribution in [2.24, 2.45) is 7.05 Å². The van der Waals surface area contributed by atoms with Gasteiger partial charge in [0.25, 0.3) is 5.91 Å². The van der Waals surface area contributed by atoms with Crippen LogP contribution in [0.1, 0.15) is 17.4 Å². The number of pyridine rings is 1. The Hall–Kier alpha value is -2.90. The molecule has 3 aromatic heterocycles. The Labute approximate surface area is 127 Å². The first-order chi connectivity index (χ1) is 10.6. The Morgan fingerprint density at radius 3 is 2.91 bits per heavy atom. The van der Waals surface area contributed by atoms with Crippen LogP contribution in [0.4, 0.5) is 11.6 Å². The Morgan fingerprint density at radius 1 is 1.41 bits per heavy atom. The molecule has 0 atom stereocenters. The van der Waals surface area contributed by atoms with Crippen LogP contribution in [0.5, 0.6) is 0 Å². The van der Waals surface area contributed by atoms with Crippen LogP contribution < -0.4 is 10.2 Å². The fraction of sp³-hybridized carbons (Fsp3) is 0.286. The van der Waals surface area contributed by atoms with Gasteiger partial charge in [0.15, 0.2) is 5.65 Å². The van der Waals surface area contributed by atoms with E-state index in [1.807, 2.05) is 18.9 Å². The molecule has 0 aromatic carbocycles. The van der Waals surface area contributed by atoms with Crippen LogP contribution in [0.25, 0.3) is 5.65 Å². The summed E-state index contributed by atoms with van der Waals surface area (Å²) in [5, 5.41) is 11.2. The van der Waals surface area contributed by atoms with Gasteiger partial charge in [-0.1, -0.05) is 0 Å². The van der Waals surface area contributed by atoms with Crippen molar-refractivity contribution in [1.82, 2.24) is 24.4 Å². The lowest BCUT2D eigenvalue weighted by atomic mass is 10.3. The minimum atomic E-state index is -0.213. The van der Waals surface area contributed by atoms with E-state index >= 15 is 0 Å². The summed E-state index contributed by atoms with van der Waals surface area (Å²) in [6.07, 6.45) is 3.36. The fourth-order valence-corrected chi connectivity index (χ4v) is 2.04. The average Bonchev–Trinajstić information content (AvgIpc) is 3.11. The number of carbonyl (C=O) groups is 1. The van der Waals surface area contributed by atoms with Crippen LogP contribution in [0.15, 0.2) is 30.6 Å². The molecular formula is C14H17N7O. The molecule has 0 spiro atoms. The molecule has 0 unspecified atom stereocenters. The normalized spacial score (nSPS) is 10.9. The number of nitrogens with one attached hydrogen (secondary N) is 1. The molecule has 0 aliphatic carbocycles. The molecule has 0 fully saturated rings. The second-order valence-corrected chi connectivity index (χ2v) is 4.94. The number of hydrogen-bond acceptors (Lipinski definition) is 5. The summed E-state index contributed by atoms with van der Waals surface area (Å²) in [5.41, 5.74) is 1.84. The summed E-state index contributed by atoms with van der Waals surface area (Å²) in [5.74, 6) is 0.437. The van der Waals surface area contributed by atoms with Crippen LogP contribution in [0, 0.1) is 0 Å². The second kappa shape index (κ2) is 5.47. The molecule has 0 saturated carbocycles. The van der Waals surface area contributed by atoms with Gasteiger partial charge in [0, 0.05) is 44.8 Å². The molecule has 3 aromatic rings. The monoisotopic (exact) mass is 299 g/mol. The molecule has 1 N–H and O–H groups in total. The molecule has 8 heteroatoms. The lowest BCUT2D eigenvalue weighted by molar-refractivity contribution is 0.101. The summed E-state index contributed by atoms with van der Waals surface area (Å²) in [6.45, 7) is 2.85. The Bertz CT molecular complexity index is 820. The number of amides is 1. The van der Waals surface area contributed by atoms with E-state index in [9.17, 15) is 4.79 Å². The summed E-state index contributed by atoms with van der Waals surface area (Å²) in [7, 11) is 3.66. The first-order valence-electron chi connectivity index (χ1n) is 6.95. The van der Waals surface area contributed by atoms with Crippen LogP contribution in [-0.4, -0.2) is 43.9 Å². The number of anilines is 2. The third-order valence-electron chi connectivity index (χ3n) is 3.45. The topological polar surface area (TPSA) is 80.4 Å². The first-order valence-corrected chi connectivity index (χ1v) is 6.95. The number of nitrogens with zero attached hydrogens (tertiary/aromatic N) is 6. The highest BCUT2D eigenvalue weighted by Crippen LogP contribution is 2.15. The fourth-order valence-electron chi connectivity index (χ4n) is 2.04. The van der Waals surface area contributed by atoms with E-state index in [0.717, 1.165) is 6.54 Å². The van der Waals surface area contributed by atoms with E-state index in [4.69, 9.17) is 0 Å². The number of rotatable bonds is 4. The maximum atomic E-state index is 12.2. The number of aryl methyl sites for hydroxylation is 1. The van der Waals surface area contributed by atoms with Gasteiger partial charge in [0.2, 0.25) is 5.95 Å². The quantitative estimate of drug-likeness (QED) is 0.782. The largest absolute Gasteiger partial charge is 0.343 e. The molecular weight excluding hydrogens is 282 g/mol. The summed E-state index contributed by atoms with van der Waals surface area (Å²) in [4.78, 5) is 18.6. The van der Waals surface area contributed by atoms with E-state index in [-0.39, 0.29) is 5.91 Å². The van der Waals surface area contributed by atoms with Crippen molar-refractivity contribution in [2.45, 2.75) is 6.92 Å². The molecule has 0 aliphatic rings. The Kier molecular flexibility index (Phi) is 3.50. The zero-order valence-corrected chi connectivity index (χ0v) is 12.7.